The van der Waals surface area contributed by atoms with Gasteiger partial charge in [0.05, 0.1) is 18.8 Å². The van der Waals surface area contributed by atoms with E-state index in [1.165, 1.54) is 0 Å². The van der Waals surface area contributed by atoms with Crippen molar-refractivity contribution in [2.75, 3.05) is 19.7 Å². The molecule has 0 atom stereocenters. The van der Waals surface area contributed by atoms with Gasteiger partial charge in [0.2, 0.25) is 0 Å². The fourth-order valence-electron chi connectivity index (χ4n) is 2.41. The second kappa shape index (κ2) is 7.75. The van der Waals surface area contributed by atoms with Crippen LogP contribution in [0.25, 0.3) is 0 Å². The van der Waals surface area contributed by atoms with Crippen molar-refractivity contribution in [1.82, 2.24) is 4.90 Å². The van der Waals surface area contributed by atoms with E-state index in [4.69, 9.17) is 9.47 Å². The Kier molecular flexibility index (Phi) is 5.98. The summed E-state index contributed by atoms with van der Waals surface area (Å²) in [6.45, 7) is 11.0. The molecule has 0 unspecified atom stereocenters. The molecule has 1 fully saturated rings. The third-order valence-electron chi connectivity index (χ3n) is 3.52. The van der Waals surface area contributed by atoms with Crippen molar-refractivity contribution in [3.8, 4) is 0 Å². The van der Waals surface area contributed by atoms with Gasteiger partial charge in [-0.1, -0.05) is 26.0 Å². The van der Waals surface area contributed by atoms with Crippen LogP contribution in [0.5, 0.6) is 0 Å². The second-order valence-corrected chi connectivity index (χ2v) is 6.62. The van der Waals surface area contributed by atoms with E-state index in [0.29, 0.717) is 25.6 Å². The van der Waals surface area contributed by atoms with E-state index in [9.17, 15) is 4.79 Å². The van der Waals surface area contributed by atoms with Gasteiger partial charge in [0.25, 0.3) is 5.91 Å². The summed E-state index contributed by atoms with van der Waals surface area (Å²) in [6, 6.07) is 7.70. The zero-order valence-electron chi connectivity index (χ0n) is 14.0. The minimum Gasteiger partial charge on any atom is -0.377 e. The van der Waals surface area contributed by atoms with Gasteiger partial charge in [0, 0.05) is 25.3 Å². The van der Waals surface area contributed by atoms with Gasteiger partial charge < -0.3 is 14.4 Å². The number of rotatable bonds is 7. The summed E-state index contributed by atoms with van der Waals surface area (Å²) < 4.78 is 11.3. The van der Waals surface area contributed by atoms with Crippen LogP contribution in [-0.4, -0.2) is 42.7 Å². The Morgan fingerprint density at radius 3 is 2.36 bits per heavy atom. The number of hydrogen-bond donors (Lipinski definition) is 0. The fourth-order valence-corrected chi connectivity index (χ4v) is 2.41. The van der Waals surface area contributed by atoms with Crippen molar-refractivity contribution in [3.05, 3.63) is 35.4 Å². The standard InChI is InChI=1S/C18H27NO3/c1-13(2)11-21-12-15-5-7-16(8-6-15)18(20)19-9-17(10-19)22-14(3)4/h5-8,13-14,17H,9-12H2,1-4H3. The summed E-state index contributed by atoms with van der Waals surface area (Å²) in [5.41, 5.74) is 1.83. The molecule has 4 heteroatoms. The number of nitrogens with zero attached hydrogens (tertiary/aromatic N) is 1. The third kappa shape index (κ3) is 4.82. The lowest BCUT2D eigenvalue weighted by Gasteiger charge is -2.39. The summed E-state index contributed by atoms with van der Waals surface area (Å²) in [4.78, 5) is 14.1. The number of carbonyl (C=O) groups is 1. The Hall–Kier alpha value is -1.39. The van der Waals surface area contributed by atoms with Gasteiger partial charge in [-0.15, -0.1) is 0 Å². The number of amides is 1. The molecule has 2 rings (SSSR count). The van der Waals surface area contributed by atoms with Crippen LogP contribution in [0.2, 0.25) is 0 Å². The molecule has 1 aliphatic rings. The molecule has 0 aliphatic carbocycles. The third-order valence-corrected chi connectivity index (χ3v) is 3.52. The number of likely N-dealkylation sites (tertiary alicyclic amines) is 1. The number of ether oxygens (including phenoxy) is 2. The molecule has 0 spiro atoms. The second-order valence-electron chi connectivity index (χ2n) is 6.62. The molecule has 0 bridgehead atoms. The molecule has 1 heterocycles. The molecule has 1 aliphatic heterocycles. The van der Waals surface area contributed by atoms with Crippen LogP contribution >= 0.6 is 0 Å². The van der Waals surface area contributed by atoms with Crippen LogP contribution in [0, 0.1) is 5.92 Å². The van der Waals surface area contributed by atoms with E-state index in [2.05, 4.69) is 13.8 Å². The predicted molar refractivity (Wildman–Crippen MR) is 86.8 cm³/mol. The van der Waals surface area contributed by atoms with E-state index in [1.807, 2.05) is 43.0 Å². The Morgan fingerprint density at radius 1 is 1.18 bits per heavy atom. The largest absolute Gasteiger partial charge is 0.377 e. The van der Waals surface area contributed by atoms with Gasteiger partial charge in [-0.25, -0.2) is 0 Å². The summed E-state index contributed by atoms with van der Waals surface area (Å²) in [7, 11) is 0. The van der Waals surface area contributed by atoms with Crippen molar-refractivity contribution in [1.29, 1.82) is 0 Å². The molecule has 0 N–H and O–H groups in total. The molecule has 22 heavy (non-hydrogen) atoms. The molecule has 1 saturated heterocycles. The van der Waals surface area contributed by atoms with E-state index >= 15 is 0 Å². The Labute approximate surface area is 133 Å². The summed E-state index contributed by atoms with van der Waals surface area (Å²) in [5, 5.41) is 0. The van der Waals surface area contributed by atoms with Crippen molar-refractivity contribution >= 4 is 5.91 Å². The Bertz CT molecular complexity index is 476. The highest BCUT2D eigenvalue weighted by Crippen LogP contribution is 2.17. The summed E-state index contributed by atoms with van der Waals surface area (Å²) in [5.74, 6) is 0.617. The van der Waals surface area contributed by atoms with Gasteiger partial charge in [0.15, 0.2) is 0 Å². The first-order chi connectivity index (χ1) is 10.5. The van der Waals surface area contributed by atoms with Crippen LogP contribution in [0.15, 0.2) is 24.3 Å². The smallest absolute Gasteiger partial charge is 0.254 e. The lowest BCUT2D eigenvalue weighted by atomic mass is 10.1. The first kappa shape index (κ1) is 17.0. The van der Waals surface area contributed by atoms with Gasteiger partial charge in [-0.05, 0) is 37.5 Å². The lowest BCUT2D eigenvalue weighted by molar-refractivity contribution is -0.0684. The maximum absolute atomic E-state index is 12.3. The minimum atomic E-state index is 0.0817. The van der Waals surface area contributed by atoms with Crippen molar-refractivity contribution in [2.45, 2.75) is 46.5 Å². The molecule has 1 amide bonds. The first-order valence-corrected chi connectivity index (χ1v) is 8.07. The molecular weight excluding hydrogens is 278 g/mol. The van der Waals surface area contributed by atoms with Crippen molar-refractivity contribution in [2.24, 2.45) is 5.92 Å². The normalized spacial score (nSPS) is 15.5. The monoisotopic (exact) mass is 305 g/mol. The van der Waals surface area contributed by atoms with E-state index in [1.54, 1.807) is 0 Å². The molecule has 0 saturated carbocycles. The van der Waals surface area contributed by atoms with Crippen molar-refractivity contribution < 1.29 is 14.3 Å². The van der Waals surface area contributed by atoms with E-state index in [0.717, 1.165) is 17.7 Å². The molecular formula is C18H27NO3. The Morgan fingerprint density at radius 2 is 1.82 bits per heavy atom. The quantitative estimate of drug-likeness (QED) is 0.777. The molecule has 0 radical (unpaired) electrons. The molecule has 1 aromatic carbocycles. The molecule has 4 nitrogen and oxygen atoms in total. The maximum Gasteiger partial charge on any atom is 0.254 e. The van der Waals surface area contributed by atoms with E-state index in [-0.39, 0.29) is 18.1 Å². The molecule has 1 aromatic rings. The number of carbonyl (C=O) groups excluding carboxylic acids is 1. The predicted octanol–water partition coefficient (Wildman–Crippen LogP) is 3.11. The summed E-state index contributed by atoms with van der Waals surface area (Å²) in [6.07, 6.45) is 0.403. The van der Waals surface area contributed by atoms with Crippen LogP contribution in [0.4, 0.5) is 0 Å². The van der Waals surface area contributed by atoms with E-state index < -0.39 is 0 Å². The van der Waals surface area contributed by atoms with Gasteiger partial charge >= 0.3 is 0 Å². The topological polar surface area (TPSA) is 38.8 Å². The van der Waals surface area contributed by atoms with Crippen LogP contribution in [-0.2, 0) is 16.1 Å². The maximum atomic E-state index is 12.3. The minimum absolute atomic E-state index is 0.0817. The van der Waals surface area contributed by atoms with Gasteiger partial charge in [-0.2, -0.15) is 0 Å². The van der Waals surface area contributed by atoms with Gasteiger partial charge in [0.1, 0.15) is 0 Å². The average molecular weight is 305 g/mol. The first-order valence-electron chi connectivity index (χ1n) is 8.07. The van der Waals surface area contributed by atoms with Crippen LogP contribution in [0.3, 0.4) is 0 Å². The number of benzene rings is 1. The highest BCUT2D eigenvalue weighted by atomic mass is 16.5. The average Bonchev–Trinajstić information content (AvgIpc) is 2.42. The fraction of sp³-hybridized carbons (Fsp3) is 0.611. The van der Waals surface area contributed by atoms with Crippen LogP contribution in [0.1, 0.15) is 43.6 Å². The Balaban J connectivity index is 1.79. The zero-order valence-corrected chi connectivity index (χ0v) is 14.0. The summed E-state index contributed by atoms with van der Waals surface area (Å²) >= 11 is 0. The molecule has 122 valence electrons. The SMILES string of the molecule is CC(C)COCc1ccc(C(=O)N2CC(OC(C)C)C2)cc1. The lowest BCUT2D eigenvalue weighted by Crippen LogP contribution is -2.55. The zero-order chi connectivity index (χ0) is 16.1. The van der Waals surface area contributed by atoms with Gasteiger partial charge in [-0.3, -0.25) is 4.79 Å². The highest BCUT2D eigenvalue weighted by Gasteiger charge is 2.32. The number of hydrogen-bond acceptors (Lipinski definition) is 3. The van der Waals surface area contributed by atoms with Crippen molar-refractivity contribution in [3.63, 3.8) is 0 Å². The van der Waals surface area contributed by atoms with Crippen LogP contribution < -0.4 is 0 Å². The molecule has 0 aromatic heterocycles. The highest BCUT2D eigenvalue weighted by molar-refractivity contribution is 5.94.